The number of nitrogens with zero attached hydrogens (tertiary/aromatic N) is 4. The Morgan fingerprint density at radius 1 is 1.42 bits per heavy atom. The van der Waals surface area contributed by atoms with Gasteiger partial charge in [0.2, 0.25) is 18.3 Å². The molecule has 3 rings (SSSR count). The molecule has 1 atom stereocenters. The van der Waals surface area contributed by atoms with E-state index < -0.39 is 5.41 Å². The number of carbonyl (C=O) groups excluding carboxylic acids is 2. The predicted octanol–water partition coefficient (Wildman–Crippen LogP) is 1.46. The van der Waals surface area contributed by atoms with Crippen molar-refractivity contribution in [3.63, 3.8) is 0 Å². The molecule has 0 spiro atoms. The van der Waals surface area contributed by atoms with Gasteiger partial charge in [-0.05, 0) is 44.9 Å². The molecule has 1 aliphatic carbocycles. The van der Waals surface area contributed by atoms with Crippen molar-refractivity contribution in [2.75, 3.05) is 36.5 Å². The monoisotopic (exact) mass is 433 g/mol. The minimum Gasteiger partial charge on any atom is -0.351 e. The fraction of sp³-hybridized carbons (Fsp3) is 0.714. The van der Waals surface area contributed by atoms with Gasteiger partial charge in [-0.3, -0.25) is 25.6 Å². The maximum absolute atomic E-state index is 13.1. The van der Waals surface area contributed by atoms with Crippen LogP contribution in [0.5, 0.6) is 0 Å². The summed E-state index contributed by atoms with van der Waals surface area (Å²) in [6, 6.07) is 2.32. The molecule has 2 amide bonds. The normalized spacial score (nSPS) is 26.3. The van der Waals surface area contributed by atoms with E-state index in [1.807, 2.05) is 13.0 Å². The Labute approximate surface area is 183 Å². The summed E-state index contributed by atoms with van der Waals surface area (Å²) in [5, 5.41) is 13.7. The van der Waals surface area contributed by atoms with Crippen LogP contribution in [0.4, 0.5) is 11.8 Å². The lowest BCUT2D eigenvalue weighted by Gasteiger charge is -2.39. The average molecular weight is 434 g/mol. The number of hydrogen-bond acceptors (Lipinski definition) is 8. The number of carbonyl (C=O) groups is 2. The lowest BCUT2D eigenvalue weighted by molar-refractivity contribution is -0.163. The lowest BCUT2D eigenvalue weighted by Crippen LogP contribution is -2.52. The quantitative estimate of drug-likeness (QED) is 0.276. The van der Waals surface area contributed by atoms with Gasteiger partial charge in [0.25, 0.3) is 0 Å². The van der Waals surface area contributed by atoms with Crippen molar-refractivity contribution in [2.24, 2.45) is 11.3 Å². The van der Waals surface area contributed by atoms with Crippen LogP contribution in [0.15, 0.2) is 6.07 Å². The zero-order valence-corrected chi connectivity index (χ0v) is 18.7. The molecule has 2 fully saturated rings. The molecule has 1 unspecified atom stereocenters. The minimum atomic E-state index is -0.840. The Hall–Kier alpha value is -2.46. The Kier molecular flexibility index (Phi) is 7.66. The SMILES string of the molecule is CCC1CNCCN1c1cc(C)nc(NNC(=O)[C@]2(CN(O)C=O)CC[C@@H](C)CC2)n1. The minimum absolute atomic E-state index is 0.0321. The van der Waals surface area contributed by atoms with E-state index in [0.717, 1.165) is 50.4 Å². The van der Waals surface area contributed by atoms with Crippen LogP contribution in [-0.4, -0.2) is 64.8 Å². The summed E-state index contributed by atoms with van der Waals surface area (Å²) in [7, 11) is 0. The Morgan fingerprint density at radius 2 is 2.16 bits per heavy atom. The van der Waals surface area contributed by atoms with Crippen LogP contribution in [0.3, 0.4) is 0 Å². The molecule has 4 N–H and O–H groups in total. The van der Waals surface area contributed by atoms with Crippen LogP contribution in [-0.2, 0) is 9.59 Å². The average Bonchev–Trinajstić information content (AvgIpc) is 2.78. The zero-order chi connectivity index (χ0) is 22.4. The number of aryl methyl sites for hydroxylation is 1. The summed E-state index contributed by atoms with van der Waals surface area (Å²) in [5.41, 5.74) is 5.57. The number of nitrogens with one attached hydrogen (secondary N) is 3. The second-order valence-corrected chi connectivity index (χ2v) is 8.90. The summed E-state index contributed by atoms with van der Waals surface area (Å²) in [6.07, 6.45) is 4.29. The smallest absolute Gasteiger partial charge is 0.246 e. The molecule has 1 aromatic rings. The van der Waals surface area contributed by atoms with E-state index in [-0.39, 0.29) is 12.5 Å². The van der Waals surface area contributed by atoms with Gasteiger partial charge in [0, 0.05) is 37.4 Å². The molecule has 10 nitrogen and oxygen atoms in total. The third-order valence-electron chi connectivity index (χ3n) is 6.54. The van der Waals surface area contributed by atoms with Crippen LogP contribution >= 0.6 is 0 Å². The number of anilines is 2. The number of hydrogen-bond donors (Lipinski definition) is 4. The van der Waals surface area contributed by atoms with Crippen LogP contribution < -0.4 is 21.1 Å². The number of hydrazine groups is 1. The highest BCUT2D eigenvalue weighted by Crippen LogP contribution is 2.39. The molecular formula is C21H35N7O3. The zero-order valence-electron chi connectivity index (χ0n) is 18.7. The van der Waals surface area contributed by atoms with Gasteiger partial charge in [0.15, 0.2) is 0 Å². The van der Waals surface area contributed by atoms with Crippen LogP contribution in [0.1, 0.15) is 51.6 Å². The highest BCUT2D eigenvalue weighted by atomic mass is 16.5. The molecule has 1 aromatic heterocycles. The Balaban J connectivity index is 1.72. The molecule has 1 aliphatic heterocycles. The first-order chi connectivity index (χ1) is 14.9. The fourth-order valence-electron chi connectivity index (χ4n) is 4.55. The lowest BCUT2D eigenvalue weighted by atomic mass is 9.70. The van der Waals surface area contributed by atoms with Crippen molar-refractivity contribution in [3.05, 3.63) is 11.8 Å². The molecule has 0 bridgehead atoms. The summed E-state index contributed by atoms with van der Waals surface area (Å²) in [4.78, 5) is 35.4. The van der Waals surface area contributed by atoms with Crippen molar-refractivity contribution in [1.82, 2.24) is 25.8 Å². The molecule has 1 saturated carbocycles. The first-order valence-corrected chi connectivity index (χ1v) is 11.2. The molecule has 0 aromatic carbocycles. The topological polar surface area (TPSA) is 123 Å². The Bertz CT molecular complexity index is 767. The second kappa shape index (κ2) is 10.2. The number of amides is 2. The summed E-state index contributed by atoms with van der Waals surface area (Å²) in [5.74, 6) is 1.42. The fourth-order valence-corrected chi connectivity index (χ4v) is 4.55. The van der Waals surface area contributed by atoms with Crippen molar-refractivity contribution >= 4 is 24.1 Å². The van der Waals surface area contributed by atoms with Gasteiger partial charge in [-0.15, -0.1) is 0 Å². The van der Waals surface area contributed by atoms with Gasteiger partial charge in [-0.2, -0.15) is 4.98 Å². The molecule has 2 heterocycles. The first-order valence-electron chi connectivity index (χ1n) is 11.2. The number of piperazine rings is 1. The third kappa shape index (κ3) is 5.62. The molecule has 1 saturated heterocycles. The molecule has 10 heteroatoms. The highest BCUT2D eigenvalue weighted by Gasteiger charge is 2.42. The van der Waals surface area contributed by atoms with Crippen LogP contribution in [0.25, 0.3) is 0 Å². The van der Waals surface area contributed by atoms with E-state index in [4.69, 9.17) is 0 Å². The van der Waals surface area contributed by atoms with Crippen molar-refractivity contribution < 1.29 is 14.8 Å². The van der Waals surface area contributed by atoms with Gasteiger partial charge < -0.3 is 10.2 Å². The summed E-state index contributed by atoms with van der Waals surface area (Å²) >= 11 is 0. The molecular weight excluding hydrogens is 398 g/mol. The van der Waals surface area contributed by atoms with Crippen LogP contribution in [0, 0.1) is 18.3 Å². The molecule has 31 heavy (non-hydrogen) atoms. The van der Waals surface area contributed by atoms with E-state index in [9.17, 15) is 14.8 Å². The van der Waals surface area contributed by atoms with E-state index in [1.165, 1.54) is 0 Å². The number of rotatable bonds is 8. The van der Waals surface area contributed by atoms with Crippen molar-refractivity contribution in [1.29, 1.82) is 0 Å². The Morgan fingerprint density at radius 3 is 2.84 bits per heavy atom. The van der Waals surface area contributed by atoms with Gasteiger partial charge in [0.05, 0.1) is 12.0 Å². The predicted molar refractivity (Wildman–Crippen MR) is 117 cm³/mol. The maximum Gasteiger partial charge on any atom is 0.246 e. The number of hydroxylamine groups is 2. The van der Waals surface area contributed by atoms with Gasteiger partial charge in [-0.1, -0.05) is 13.8 Å². The number of aromatic nitrogens is 2. The van der Waals surface area contributed by atoms with Crippen molar-refractivity contribution in [2.45, 2.75) is 58.9 Å². The molecule has 172 valence electrons. The van der Waals surface area contributed by atoms with E-state index in [2.05, 4.69) is 44.9 Å². The van der Waals surface area contributed by atoms with Gasteiger partial charge >= 0.3 is 0 Å². The second-order valence-electron chi connectivity index (χ2n) is 8.90. The highest BCUT2D eigenvalue weighted by molar-refractivity contribution is 5.84. The van der Waals surface area contributed by atoms with Gasteiger partial charge in [0.1, 0.15) is 5.82 Å². The molecule has 2 aliphatic rings. The largest absolute Gasteiger partial charge is 0.351 e. The summed E-state index contributed by atoms with van der Waals surface area (Å²) < 4.78 is 0. The van der Waals surface area contributed by atoms with Crippen molar-refractivity contribution in [3.8, 4) is 0 Å². The maximum atomic E-state index is 13.1. The standard InChI is InChI=1S/C21H35N7O3/c1-4-17-12-22-9-10-28(17)18-11-16(3)23-20(24-18)26-25-19(30)21(13-27(31)14-29)7-5-15(2)6-8-21/h11,14-15,17,22,31H,4-10,12-13H2,1-3H3,(H,25,30)(H,23,24,26)/t15-,17?,21-. The van der Waals surface area contributed by atoms with Crippen LogP contribution in [0.2, 0.25) is 0 Å². The van der Waals surface area contributed by atoms with E-state index in [1.54, 1.807) is 0 Å². The molecule has 0 radical (unpaired) electrons. The summed E-state index contributed by atoms with van der Waals surface area (Å²) in [6.45, 7) is 8.85. The van der Waals surface area contributed by atoms with E-state index >= 15 is 0 Å². The van der Waals surface area contributed by atoms with Gasteiger partial charge in [-0.25, -0.2) is 10.0 Å². The van der Waals surface area contributed by atoms with E-state index in [0.29, 0.717) is 42.2 Å². The third-order valence-corrected chi connectivity index (χ3v) is 6.54. The first kappa shape index (κ1) is 23.2.